The lowest BCUT2D eigenvalue weighted by molar-refractivity contribution is 0.0900. The molecule has 144 valence electrons. The van der Waals surface area contributed by atoms with E-state index in [0.29, 0.717) is 24.0 Å². The number of hydrogen-bond donors (Lipinski definition) is 2. The zero-order valence-electron chi connectivity index (χ0n) is 16.2. The van der Waals surface area contributed by atoms with Crippen LogP contribution in [-0.4, -0.2) is 22.5 Å². The van der Waals surface area contributed by atoms with Crippen LogP contribution in [0.3, 0.4) is 0 Å². The third-order valence-corrected chi connectivity index (χ3v) is 5.04. The summed E-state index contributed by atoms with van der Waals surface area (Å²) in [5, 5.41) is 3.07. The van der Waals surface area contributed by atoms with Gasteiger partial charge in [-0.15, -0.1) is 0 Å². The molecule has 1 aliphatic rings. The molecule has 0 saturated heterocycles. The summed E-state index contributed by atoms with van der Waals surface area (Å²) in [5.74, 6) is 0.879. The molecular formula is C23H25N3O2. The quantitative estimate of drug-likeness (QED) is 0.637. The Balaban J connectivity index is 1.61. The van der Waals surface area contributed by atoms with Gasteiger partial charge in [-0.2, -0.15) is 0 Å². The Hall–Kier alpha value is -3.08. The van der Waals surface area contributed by atoms with Gasteiger partial charge in [-0.25, -0.2) is 4.98 Å². The molecule has 4 rings (SSSR count). The minimum absolute atomic E-state index is 0.245. The fraction of sp³-hybridized carbons (Fsp3) is 0.304. The molecule has 3 aromatic rings. The van der Waals surface area contributed by atoms with Gasteiger partial charge in [-0.1, -0.05) is 30.3 Å². The summed E-state index contributed by atoms with van der Waals surface area (Å²) in [4.78, 5) is 20.6. The van der Waals surface area contributed by atoms with E-state index in [0.717, 1.165) is 16.8 Å². The van der Waals surface area contributed by atoms with Crippen molar-refractivity contribution in [3.8, 4) is 16.9 Å². The van der Waals surface area contributed by atoms with Crippen LogP contribution in [0.5, 0.6) is 5.75 Å². The number of ether oxygens (including phenoxy) is 1. The normalized spacial score (nSPS) is 13.9. The van der Waals surface area contributed by atoms with Crippen LogP contribution >= 0.6 is 0 Å². The topological polar surface area (TPSA) is 67.0 Å². The molecule has 1 aromatic carbocycles. The van der Waals surface area contributed by atoms with Gasteiger partial charge in [0.1, 0.15) is 0 Å². The van der Waals surface area contributed by atoms with Gasteiger partial charge in [0.05, 0.1) is 12.1 Å². The number of rotatable bonds is 7. The molecule has 2 N–H and O–H groups in total. The highest BCUT2D eigenvalue weighted by atomic mass is 16.5. The van der Waals surface area contributed by atoms with E-state index in [1.54, 1.807) is 6.20 Å². The number of nitrogens with zero attached hydrogens (tertiary/aromatic N) is 1. The Morgan fingerprint density at radius 1 is 1.18 bits per heavy atom. The Morgan fingerprint density at radius 2 is 1.96 bits per heavy atom. The van der Waals surface area contributed by atoms with Crippen molar-refractivity contribution in [2.45, 2.75) is 32.2 Å². The fourth-order valence-electron chi connectivity index (χ4n) is 3.14. The van der Waals surface area contributed by atoms with Crippen molar-refractivity contribution in [2.75, 3.05) is 6.61 Å². The summed E-state index contributed by atoms with van der Waals surface area (Å²) in [5.41, 5.74) is 2.69. The van der Waals surface area contributed by atoms with Crippen molar-refractivity contribution in [2.24, 2.45) is 5.92 Å². The molecule has 1 amide bonds. The Labute approximate surface area is 165 Å². The van der Waals surface area contributed by atoms with Gasteiger partial charge in [-0.3, -0.25) is 4.79 Å². The lowest BCUT2D eigenvalue weighted by Gasteiger charge is -2.25. The second-order valence-corrected chi connectivity index (χ2v) is 7.85. The first-order valence-corrected chi connectivity index (χ1v) is 9.67. The number of carbonyl (C=O) groups is 1. The monoisotopic (exact) mass is 375 g/mol. The third-order valence-electron chi connectivity index (χ3n) is 5.04. The molecule has 5 nitrogen and oxygen atoms in total. The van der Waals surface area contributed by atoms with Crippen molar-refractivity contribution >= 4 is 5.91 Å². The number of H-pyrrole nitrogens is 1. The molecule has 0 atom stereocenters. The van der Waals surface area contributed by atoms with Crippen molar-refractivity contribution in [3.63, 3.8) is 0 Å². The zero-order chi connectivity index (χ0) is 19.6. The number of nitrogens with one attached hydrogen (secondary N) is 2. The van der Waals surface area contributed by atoms with Crippen molar-refractivity contribution in [3.05, 3.63) is 72.3 Å². The molecule has 0 spiro atoms. The highest BCUT2D eigenvalue weighted by Crippen LogP contribution is 2.32. The van der Waals surface area contributed by atoms with Crippen LogP contribution in [0.4, 0.5) is 0 Å². The van der Waals surface area contributed by atoms with Crippen LogP contribution < -0.4 is 10.1 Å². The summed E-state index contributed by atoms with van der Waals surface area (Å²) in [6.45, 7) is 4.54. The average molecular weight is 375 g/mol. The van der Waals surface area contributed by atoms with E-state index >= 15 is 0 Å². The molecule has 1 aliphatic carbocycles. The second-order valence-electron chi connectivity index (χ2n) is 7.85. The van der Waals surface area contributed by atoms with Gasteiger partial charge in [0.2, 0.25) is 0 Å². The number of hydrogen-bond acceptors (Lipinski definition) is 3. The highest BCUT2D eigenvalue weighted by Gasteiger charge is 2.28. The van der Waals surface area contributed by atoms with Gasteiger partial charge in [0.25, 0.3) is 5.91 Å². The van der Waals surface area contributed by atoms with Crippen LogP contribution in [0.1, 0.15) is 42.9 Å². The predicted molar refractivity (Wildman–Crippen MR) is 109 cm³/mol. The Bertz CT molecular complexity index is 945. The maximum absolute atomic E-state index is 13.0. The molecule has 0 bridgehead atoms. The fourth-order valence-corrected chi connectivity index (χ4v) is 3.14. The number of pyridine rings is 1. The SMILES string of the molecule is CC(C)(NC(=O)c1ncc(-c2ccccc2)cc1OCC1CC1)c1ccc[nH]1. The first-order valence-electron chi connectivity index (χ1n) is 9.67. The zero-order valence-corrected chi connectivity index (χ0v) is 16.2. The number of aromatic amines is 1. The number of carbonyl (C=O) groups excluding carboxylic acids is 1. The van der Waals surface area contributed by atoms with E-state index in [-0.39, 0.29) is 5.91 Å². The molecule has 0 aliphatic heterocycles. The molecule has 2 aromatic heterocycles. The van der Waals surface area contributed by atoms with E-state index in [9.17, 15) is 4.79 Å². The van der Waals surface area contributed by atoms with Gasteiger partial charge in [-0.05, 0) is 56.4 Å². The summed E-state index contributed by atoms with van der Waals surface area (Å²) >= 11 is 0. The van der Waals surface area contributed by atoms with Gasteiger partial charge < -0.3 is 15.0 Å². The molecule has 2 heterocycles. The summed E-state index contributed by atoms with van der Waals surface area (Å²) in [6.07, 6.45) is 5.95. The lowest BCUT2D eigenvalue weighted by Crippen LogP contribution is -2.41. The van der Waals surface area contributed by atoms with E-state index in [4.69, 9.17) is 4.74 Å². The maximum atomic E-state index is 13.0. The van der Waals surface area contributed by atoms with Crippen LogP contribution in [0.25, 0.3) is 11.1 Å². The minimum atomic E-state index is -0.547. The summed E-state index contributed by atoms with van der Waals surface area (Å²) < 4.78 is 6.02. The first kappa shape index (κ1) is 18.3. The predicted octanol–water partition coefficient (Wildman–Crippen LogP) is 4.53. The third kappa shape index (κ3) is 4.09. The van der Waals surface area contributed by atoms with Crippen molar-refractivity contribution in [1.82, 2.24) is 15.3 Å². The highest BCUT2D eigenvalue weighted by molar-refractivity contribution is 5.96. The van der Waals surface area contributed by atoms with E-state index in [1.807, 2.05) is 68.6 Å². The largest absolute Gasteiger partial charge is 0.491 e. The van der Waals surface area contributed by atoms with Crippen LogP contribution in [-0.2, 0) is 5.54 Å². The van der Waals surface area contributed by atoms with Crippen molar-refractivity contribution in [1.29, 1.82) is 0 Å². The molecule has 1 saturated carbocycles. The molecule has 5 heteroatoms. The molecule has 0 unspecified atom stereocenters. The smallest absolute Gasteiger partial charge is 0.274 e. The first-order chi connectivity index (χ1) is 13.5. The number of aromatic nitrogens is 2. The van der Waals surface area contributed by atoms with Crippen molar-refractivity contribution < 1.29 is 9.53 Å². The lowest BCUT2D eigenvalue weighted by atomic mass is 10.0. The minimum Gasteiger partial charge on any atom is -0.491 e. The van der Waals surface area contributed by atoms with Crippen LogP contribution in [0, 0.1) is 5.92 Å². The molecule has 1 fully saturated rings. The second kappa shape index (κ2) is 7.50. The summed E-state index contributed by atoms with van der Waals surface area (Å²) in [6, 6.07) is 15.8. The van der Waals surface area contributed by atoms with Gasteiger partial charge >= 0.3 is 0 Å². The molecule has 0 radical (unpaired) electrons. The average Bonchev–Trinajstić information content (AvgIpc) is 3.35. The van der Waals surface area contributed by atoms with E-state index < -0.39 is 5.54 Å². The standard InChI is InChI=1S/C23H25N3O2/c1-23(2,20-9-6-12-24-20)26-22(27)21-19(28-15-16-10-11-16)13-18(14-25-21)17-7-4-3-5-8-17/h3-9,12-14,16,24H,10-11,15H2,1-2H3,(H,26,27). The van der Waals surface area contributed by atoms with Crippen LogP contribution in [0.15, 0.2) is 60.9 Å². The molecular weight excluding hydrogens is 350 g/mol. The Kier molecular flexibility index (Phi) is 4.90. The van der Waals surface area contributed by atoms with Gasteiger partial charge in [0, 0.05) is 23.7 Å². The van der Waals surface area contributed by atoms with Crippen LogP contribution in [0.2, 0.25) is 0 Å². The summed E-state index contributed by atoms with van der Waals surface area (Å²) in [7, 11) is 0. The van der Waals surface area contributed by atoms with Gasteiger partial charge in [0.15, 0.2) is 11.4 Å². The molecule has 28 heavy (non-hydrogen) atoms. The maximum Gasteiger partial charge on any atom is 0.274 e. The number of amides is 1. The van der Waals surface area contributed by atoms with E-state index in [2.05, 4.69) is 15.3 Å². The Morgan fingerprint density at radius 3 is 2.64 bits per heavy atom. The van der Waals surface area contributed by atoms with E-state index in [1.165, 1.54) is 12.8 Å². The number of benzene rings is 1.